The number of hydrogen-bond acceptors (Lipinski definition) is 8. The molecule has 4 heterocycles. The quantitative estimate of drug-likeness (QED) is 0.322. The van der Waals surface area contributed by atoms with E-state index in [0.29, 0.717) is 28.7 Å². The molecule has 0 saturated carbocycles. The van der Waals surface area contributed by atoms with Crippen molar-refractivity contribution in [2.24, 2.45) is 5.92 Å². The smallest absolute Gasteiger partial charge is 0.232 e. The van der Waals surface area contributed by atoms with Crippen LogP contribution in [0.25, 0.3) is 0 Å². The molecule has 1 fully saturated rings. The molecule has 3 aromatic heterocycles. The SMILES string of the molecule is Cc1ccc(CNC(=S)Nc2nc(Sc3ncccn3)cc(N3CCC[C@@H](C)C3)n2)o1. The fraction of sp³-hybridized carbons (Fsp3) is 0.381. The largest absolute Gasteiger partial charge is 0.465 e. The summed E-state index contributed by atoms with van der Waals surface area (Å²) in [6.45, 7) is 6.63. The van der Waals surface area contributed by atoms with Gasteiger partial charge in [-0.3, -0.25) is 0 Å². The maximum absolute atomic E-state index is 5.57. The first-order valence-corrected chi connectivity index (χ1v) is 11.5. The van der Waals surface area contributed by atoms with Crippen molar-refractivity contribution in [3.8, 4) is 0 Å². The molecule has 3 aromatic rings. The number of anilines is 2. The molecule has 1 saturated heterocycles. The summed E-state index contributed by atoms with van der Waals surface area (Å²) in [6, 6.07) is 7.64. The van der Waals surface area contributed by atoms with Gasteiger partial charge in [-0.1, -0.05) is 6.92 Å². The predicted molar refractivity (Wildman–Crippen MR) is 125 cm³/mol. The zero-order valence-corrected chi connectivity index (χ0v) is 19.2. The van der Waals surface area contributed by atoms with Crippen molar-refractivity contribution in [2.45, 2.75) is 43.4 Å². The molecular weight excluding hydrogens is 430 g/mol. The van der Waals surface area contributed by atoms with Crippen LogP contribution in [0.5, 0.6) is 0 Å². The first kappa shape index (κ1) is 21.5. The minimum atomic E-state index is 0.435. The minimum Gasteiger partial charge on any atom is -0.465 e. The molecule has 31 heavy (non-hydrogen) atoms. The molecule has 0 amide bonds. The zero-order chi connectivity index (χ0) is 21.6. The van der Waals surface area contributed by atoms with Crippen LogP contribution in [-0.2, 0) is 6.54 Å². The van der Waals surface area contributed by atoms with E-state index in [0.717, 1.165) is 41.9 Å². The Kier molecular flexibility index (Phi) is 6.98. The van der Waals surface area contributed by atoms with Crippen LogP contribution in [0.15, 0.2) is 51.3 Å². The van der Waals surface area contributed by atoms with Gasteiger partial charge in [0.15, 0.2) is 10.3 Å². The highest BCUT2D eigenvalue weighted by molar-refractivity contribution is 7.99. The van der Waals surface area contributed by atoms with Crippen molar-refractivity contribution in [1.29, 1.82) is 0 Å². The average Bonchev–Trinajstić information content (AvgIpc) is 3.18. The average molecular weight is 456 g/mol. The number of aryl methyl sites for hydroxylation is 1. The first-order valence-electron chi connectivity index (χ1n) is 10.2. The molecule has 0 bridgehead atoms. The van der Waals surface area contributed by atoms with Gasteiger partial charge >= 0.3 is 0 Å². The molecule has 2 N–H and O–H groups in total. The van der Waals surface area contributed by atoms with Crippen LogP contribution in [0.4, 0.5) is 11.8 Å². The van der Waals surface area contributed by atoms with Gasteiger partial charge in [0.1, 0.15) is 22.4 Å². The zero-order valence-electron chi connectivity index (χ0n) is 17.5. The Labute approximate surface area is 191 Å². The summed E-state index contributed by atoms with van der Waals surface area (Å²) in [5.41, 5.74) is 0. The lowest BCUT2D eigenvalue weighted by Gasteiger charge is -2.32. The van der Waals surface area contributed by atoms with Gasteiger partial charge in [-0.15, -0.1) is 0 Å². The van der Waals surface area contributed by atoms with Crippen LogP contribution in [0, 0.1) is 12.8 Å². The number of rotatable bonds is 6. The second-order valence-corrected chi connectivity index (χ2v) is 8.93. The third kappa shape index (κ3) is 6.14. The second kappa shape index (κ2) is 10.1. The highest BCUT2D eigenvalue weighted by Crippen LogP contribution is 2.29. The van der Waals surface area contributed by atoms with Crippen molar-refractivity contribution in [3.63, 3.8) is 0 Å². The molecule has 10 heteroatoms. The van der Waals surface area contributed by atoms with Crippen molar-refractivity contribution in [2.75, 3.05) is 23.3 Å². The number of hydrogen-bond donors (Lipinski definition) is 2. The molecule has 0 aliphatic carbocycles. The van der Waals surface area contributed by atoms with Crippen LogP contribution in [-0.4, -0.2) is 38.1 Å². The van der Waals surface area contributed by atoms with Gasteiger partial charge in [-0.25, -0.2) is 15.0 Å². The molecule has 0 spiro atoms. The van der Waals surface area contributed by atoms with Gasteiger partial charge in [0.25, 0.3) is 0 Å². The van der Waals surface area contributed by atoms with E-state index in [1.165, 1.54) is 18.2 Å². The summed E-state index contributed by atoms with van der Waals surface area (Å²) in [5.74, 6) is 3.64. The number of nitrogens with zero attached hydrogens (tertiary/aromatic N) is 5. The number of thiocarbonyl (C=S) groups is 1. The molecule has 0 radical (unpaired) electrons. The van der Waals surface area contributed by atoms with Gasteiger partial charge < -0.3 is 20.0 Å². The summed E-state index contributed by atoms with van der Waals surface area (Å²) in [7, 11) is 0. The molecule has 8 nitrogen and oxygen atoms in total. The normalized spacial score (nSPS) is 16.2. The Morgan fingerprint density at radius 2 is 2.13 bits per heavy atom. The van der Waals surface area contributed by atoms with E-state index in [4.69, 9.17) is 21.6 Å². The lowest BCUT2D eigenvalue weighted by Crippen LogP contribution is -2.35. The van der Waals surface area contributed by atoms with Crippen molar-refractivity contribution in [3.05, 3.63) is 48.2 Å². The van der Waals surface area contributed by atoms with E-state index in [2.05, 4.69) is 37.4 Å². The van der Waals surface area contributed by atoms with E-state index in [-0.39, 0.29) is 0 Å². The number of furan rings is 1. The van der Waals surface area contributed by atoms with Crippen LogP contribution < -0.4 is 15.5 Å². The van der Waals surface area contributed by atoms with E-state index in [9.17, 15) is 0 Å². The van der Waals surface area contributed by atoms with Gasteiger partial charge in [0, 0.05) is 31.5 Å². The summed E-state index contributed by atoms with van der Waals surface area (Å²) in [5, 5.41) is 8.09. The Morgan fingerprint density at radius 3 is 2.87 bits per heavy atom. The Balaban J connectivity index is 1.51. The standard InChI is InChI=1S/C21H25N7OS2/c1-14-5-3-10-28(13-14)17-11-18(31-21-22-8-4-9-23-21)26-19(25-17)27-20(30)24-12-16-7-6-15(2)29-16/h4,6-9,11,14H,3,5,10,12-13H2,1-2H3,(H2,24,25,26,27,30)/t14-/m1/s1. The van der Waals surface area contributed by atoms with Crippen LogP contribution in [0.3, 0.4) is 0 Å². The van der Waals surface area contributed by atoms with Crippen LogP contribution in [0.2, 0.25) is 0 Å². The molecule has 0 unspecified atom stereocenters. The van der Waals surface area contributed by atoms with E-state index in [1.54, 1.807) is 18.5 Å². The summed E-state index contributed by atoms with van der Waals surface area (Å²) in [6.07, 6.45) is 5.84. The fourth-order valence-electron chi connectivity index (χ4n) is 3.41. The molecule has 162 valence electrons. The van der Waals surface area contributed by atoms with Crippen LogP contribution in [0.1, 0.15) is 31.3 Å². The highest BCUT2D eigenvalue weighted by Gasteiger charge is 2.20. The third-order valence-electron chi connectivity index (χ3n) is 4.85. The number of aromatic nitrogens is 4. The maximum Gasteiger partial charge on any atom is 0.232 e. The lowest BCUT2D eigenvalue weighted by molar-refractivity contribution is 0.444. The minimum absolute atomic E-state index is 0.435. The molecule has 4 rings (SSSR count). The third-order valence-corrected chi connectivity index (χ3v) is 5.91. The summed E-state index contributed by atoms with van der Waals surface area (Å²) < 4.78 is 5.57. The molecule has 0 aromatic carbocycles. The summed E-state index contributed by atoms with van der Waals surface area (Å²) in [4.78, 5) is 20.2. The van der Waals surface area contributed by atoms with Gasteiger partial charge in [0.2, 0.25) is 5.95 Å². The monoisotopic (exact) mass is 455 g/mol. The van der Waals surface area contributed by atoms with Gasteiger partial charge in [-0.05, 0) is 67.9 Å². The number of nitrogens with one attached hydrogen (secondary N) is 2. The van der Waals surface area contributed by atoms with Crippen molar-refractivity contribution < 1.29 is 4.42 Å². The van der Waals surface area contributed by atoms with Crippen molar-refractivity contribution in [1.82, 2.24) is 25.3 Å². The van der Waals surface area contributed by atoms with Gasteiger partial charge in [0.05, 0.1) is 6.54 Å². The second-order valence-electron chi connectivity index (χ2n) is 7.53. The van der Waals surface area contributed by atoms with Gasteiger partial charge in [-0.2, -0.15) is 4.98 Å². The Bertz CT molecular complexity index is 1030. The maximum atomic E-state index is 5.57. The van der Waals surface area contributed by atoms with E-state index >= 15 is 0 Å². The van der Waals surface area contributed by atoms with E-state index < -0.39 is 0 Å². The molecule has 1 aliphatic rings. The number of piperidine rings is 1. The summed E-state index contributed by atoms with van der Waals surface area (Å²) >= 11 is 6.85. The van der Waals surface area contributed by atoms with E-state index in [1.807, 2.05) is 25.1 Å². The topological polar surface area (TPSA) is 92.0 Å². The lowest BCUT2D eigenvalue weighted by atomic mass is 10.0. The predicted octanol–water partition coefficient (Wildman–Crippen LogP) is 4.04. The molecular formula is C21H25N7OS2. The Morgan fingerprint density at radius 1 is 1.29 bits per heavy atom. The first-order chi connectivity index (χ1) is 15.0. The van der Waals surface area contributed by atoms with Crippen LogP contribution >= 0.6 is 24.0 Å². The fourth-order valence-corrected chi connectivity index (χ4v) is 4.28. The molecule has 1 aliphatic heterocycles. The highest BCUT2D eigenvalue weighted by atomic mass is 32.2. The Hall–Kier alpha value is -2.72. The molecule has 1 atom stereocenters. The van der Waals surface area contributed by atoms with Crippen molar-refractivity contribution >= 4 is 40.9 Å².